The van der Waals surface area contributed by atoms with Crippen LogP contribution in [0.1, 0.15) is 6.42 Å². The quantitative estimate of drug-likeness (QED) is 0.832. The van der Waals surface area contributed by atoms with Crippen LogP contribution in [0, 0.1) is 9.39 Å². The largest absolute Gasteiger partial charge is 0.369 e. The molecule has 1 heterocycles. The molecule has 0 unspecified atom stereocenters. The molecule has 0 aliphatic rings. The minimum Gasteiger partial charge on any atom is -0.369 e. The third kappa shape index (κ3) is 2.80. The predicted octanol–water partition coefficient (Wildman–Crippen LogP) is 1.84. The number of benzene rings is 1. The molecule has 2 N–H and O–H groups in total. The Morgan fingerprint density at radius 2 is 2.21 bits per heavy atom. The van der Waals surface area contributed by atoms with Crippen LogP contribution in [0.5, 0.6) is 0 Å². The first kappa shape index (κ1) is 14.0. The van der Waals surface area contributed by atoms with Crippen LogP contribution in [0.25, 0.3) is 11.0 Å². The molecular formula is C12H14FIN4O. The van der Waals surface area contributed by atoms with Gasteiger partial charge in [0.05, 0.1) is 14.6 Å². The fourth-order valence-electron chi connectivity index (χ4n) is 1.80. The molecule has 1 amide bonds. The molecule has 0 saturated carbocycles. The average Bonchev–Trinajstić information content (AvgIpc) is 2.62. The molecule has 0 bridgehead atoms. The highest BCUT2D eigenvalue weighted by molar-refractivity contribution is 14.1. The Bertz CT molecular complexity index is 638. The highest BCUT2D eigenvalue weighted by Crippen LogP contribution is 2.23. The number of hydrogen-bond acceptors (Lipinski definition) is 3. The number of carbonyl (C=O) groups excluding carboxylic acids is 1. The van der Waals surface area contributed by atoms with E-state index in [4.69, 9.17) is 5.73 Å². The molecule has 0 spiro atoms. The molecule has 1 aromatic carbocycles. The highest BCUT2D eigenvalue weighted by Gasteiger charge is 2.13. The molecule has 0 radical (unpaired) electrons. The Morgan fingerprint density at radius 3 is 2.84 bits per heavy atom. The number of carbonyl (C=O) groups is 1. The predicted molar refractivity (Wildman–Crippen MR) is 80.1 cm³/mol. The van der Waals surface area contributed by atoms with Crippen LogP contribution >= 0.6 is 22.6 Å². The molecule has 0 atom stereocenters. The van der Waals surface area contributed by atoms with Gasteiger partial charge in [-0.3, -0.25) is 4.79 Å². The number of nitrogens with two attached hydrogens (primary N) is 1. The SMILES string of the molecule is CN(C)C(=O)CCn1c(N)nc2cc(I)c(F)cc21. The minimum atomic E-state index is -0.312. The molecule has 0 aliphatic heterocycles. The van der Waals surface area contributed by atoms with E-state index in [0.29, 0.717) is 33.5 Å². The van der Waals surface area contributed by atoms with Crippen LogP contribution in [0.2, 0.25) is 0 Å². The number of amides is 1. The summed E-state index contributed by atoms with van der Waals surface area (Å²) >= 11 is 1.91. The van der Waals surface area contributed by atoms with Gasteiger partial charge in [-0.1, -0.05) is 0 Å². The second-order valence-corrected chi connectivity index (χ2v) is 5.58. The van der Waals surface area contributed by atoms with Gasteiger partial charge in [0.2, 0.25) is 11.9 Å². The van der Waals surface area contributed by atoms with Gasteiger partial charge < -0.3 is 15.2 Å². The van der Waals surface area contributed by atoms with Crippen molar-refractivity contribution in [1.82, 2.24) is 14.5 Å². The normalized spacial score (nSPS) is 10.9. The molecule has 0 fully saturated rings. The van der Waals surface area contributed by atoms with Crippen LogP contribution in [0.4, 0.5) is 10.3 Å². The third-order valence-electron chi connectivity index (χ3n) is 2.87. The number of rotatable bonds is 3. The molecule has 102 valence electrons. The van der Waals surface area contributed by atoms with Gasteiger partial charge in [-0.2, -0.15) is 0 Å². The van der Waals surface area contributed by atoms with Crippen LogP contribution < -0.4 is 5.73 Å². The van der Waals surface area contributed by atoms with Gasteiger partial charge in [-0.15, -0.1) is 0 Å². The summed E-state index contributed by atoms with van der Waals surface area (Å²) in [7, 11) is 3.39. The van der Waals surface area contributed by atoms with Crippen LogP contribution in [0.3, 0.4) is 0 Å². The maximum atomic E-state index is 13.6. The molecule has 7 heteroatoms. The zero-order valence-electron chi connectivity index (χ0n) is 10.7. The van der Waals surface area contributed by atoms with Crippen LogP contribution in [0.15, 0.2) is 12.1 Å². The summed E-state index contributed by atoms with van der Waals surface area (Å²) in [4.78, 5) is 17.3. The summed E-state index contributed by atoms with van der Waals surface area (Å²) in [5, 5.41) is 0. The summed E-state index contributed by atoms with van der Waals surface area (Å²) in [5.74, 6) is -0.0247. The number of anilines is 1. The number of aryl methyl sites for hydroxylation is 1. The van der Waals surface area contributed by atoms with Crippen molar-refractivity contribution in [3.8, 4) is 0 Å². The smallest absolute Gasteiger partial charge is 0.223 e. The van der Waals surface area contributed by atoms with Gasteiger partial charge in [0.1, 0.15) is 5.82 Å². The molecule has 2 aromatic rings. The lowest BCUT2D eigenvalue weighted by atomic mass is 10.3. The number of nitrogen functional groups attached to an aromatic ring is 1. The topological polar surface area (TPSA) is 64.2 Å². The second kappa shape index (κ2) is 5.32. The van der Waals surface area contributed by atoms with Gasteiger partial charge >= 0.3 is 0 Å². The number of fused-ring (bicyclic) bond motifs is 1. The van der Waals surface area contributed by atoms with Gasteiger partial charge in [0, 0.05) is 33.1 Å². The summed E-state index contributed by atoms with van der Waals surface area (Å²) in [5.41, 5.74) is 7.07. The van der Waals surface area contributed by atoms with Gasteiger partial charge in [0.15, 0.2) is 0 Å². The number of hydrogen-bond donors (Lipinski definition) is 1. The summed E-state index contributed by atoms with van der Waals surface area (Å²) in [6, 6.07) is 3.05. The fourth-order valence-corrected chi connectivity index (χ4v) is 2.26. The summed E-state index contributed by atoms with van der Waals surface area (Å²) in [6.07, 6.45) is 0.302. The minimum absolute atomic E-state index is 0.00719. The van der Waals surface area contributed by atoms with E-state index in [2.05, 4.69) is 4.98 Å². The van der Waals surface area contributed by atoms with Gasteiger partial charge in [0.25, 0.3) is 0 Å². The van der Waals surface area contributed by atoms with Crippen molar-refractivity contribution in [3.63, 3.8) is 0 Å². The van der Waals surface area contributed by atoms with Crippen molar-refractivity contribution in [2.45, 2.75) is 13.0 Å². The summed E-state index contributed by atoms with van der Waals surface area (Å²) in [6.45, 7) is 0.388. The zero-order valence-corrected chi connectivity index (χ0v) is 12.8. The van der Waals surface area contributed by atoms with Crippen molar-refractivity contribution < 1.29 is 9.18 Å². The van der Waals surface area contributed by atoms with Gasteiger partial charge in [-0.25, -0.2) is 9.37 Å². The van der Waals surface area contributed by atoms with Crippen LogP contribution in [-0.2, 0) is 11.3 Å². The molecule has 2 rings (SSSR count). The van der Waals surface area contributed by atoms with E-state index in [1.165, 1.54) is 11.0 Å². The zero-order chi connectivity index (χ0) is 14.2. The average molecular weight is 376 g/mol. The second-order valence-electron chi connectivity index (χ2n) is 4.41. The van der Waals surface area contributed by atoms with E-state index in [-0.39, 0.29) is 11.7 Å². The summed E-state index contributed by atoms with van der Waals surface area (Å²) < 4.78 is 15.8. The number of nitrogens with zero attached hydrogens (tertiary/aromatic N) is 3. The van der Waals surface area contributed by atoms with E-state index in [1.807, 2.05) is 22.6 Å². The number of imidazole rings is 1. The first-order valence-electron chi connectivity index (χ1n) is 5.71. The highest BCUT2D eigenvalue weighted by atomic mass is 127. The van der Waals surface area contributed by atoms with Crippen molar-refractivity contribution in [2.75, 3.05) is 19.8 Å². The van der Waals surface area contributed by atoms with E-state index in [1.54, 1.807) is 24.7 Å². The first-order valence-corrected chi connectivity index (χ1v) is 6.79. The maximum Gasteiger partial charge on any atom is 0.223 e. The Balaban J connectivity index is 2.35. The lowest BCUT2D eigenvalue weighted by Gasteiger charge is -2.11. The Hall–Kier alpha value is -1.38. The fraction of sp³-hybridized carbons (Fsp3) is 0.333. The van der Waals surface area contributed by atoms with Crippen molar-refractivity contribution >= 4 is 45.5 Å². The Labute approximate surface area is 123 Å². The molecule has 0 aliphatic carbocycles. The van der Waals surface area contributed by atoms with Crippen molar-refractivity contribution in [2.24, 2.45) is 0 Å². The van der Waals surface area contributed by atoms with E-state index in [0.717, 1.165) is 0 Å². The molecule has 5 nitrogen and oxygen atoms in total. The third-order valence-corrected chi connectivity index (χ3v) is 3.69. The maximum absolute atomic E-state index is 13.6. The van der Waals surface area contributed by atoms with Gasteiger partial charge in [-0.05, 0) is 28.7 Å². The molecule has 1 aromatic heterocycles. The Kier molecular flexibility index (Phi) is 3.93. The lowest BCUT2D eigenvalue weighted by Crippen LogP contribution is -2.23. The van der Waals surface area contributed by atoms with Crippen LogP contribution in [-0.4, -0.2) is 34.5 Å². The van der Waals surface area contributed by atoms with E-state index in [9.17, 15) is 9.18 Å². The number of halogens is 2. The molecule has 0 saturated heterocycles. The van der Waals surface area contributed by atoms with Crippen molar-refractivity contribution in [1.29, 1.82) is 0 Å². The van der Waals surface area contributed by atoms with Crippen molar-refractivity contribution in [3.05, 3.63) is 21.5 Å². The molecule has 19 heavy (non-hydrogen) atoms. The lowest BCUT2D eigenvalue weighted by molar-refractivity contribution is -0.128. The van der Waals surface area contributed by atoms with E-state index >= 15 is 0 Å². The first-order chi connectivity index (χ1) is 8.90. The number of aromatic nitrogens is 2. The Morgan fingerprint density at radius 1 is 1.53 bits per heavy atom. The monoisotopic (exact) mass is 376 g/mol. The van der Waals surface area contributed by atoms with E-state index < -0.39 is 0 Å². The standard InChI is InChI=1S/C12H14FIN4O/c1-17(2)11(19)3-4-18-10-5-7(13)8(14)6-9(10)16-12(18)15/h5-6H,3-4H2,1-2H3,(H2,15,16). The molecular weight excluding hydrogens is 362 g/mol.